The zero-order valence-corrected chi connectivity index (χ0v) is 13.4. The lowest BCUT2D eigenvalue weighted by molar-refractivity contribution is 0.0968. The first-order chi connectivity index (χ1) is 9.36. The first-order valence-corrected chi connectivity index (χ1v) is 8.88. The Labute approximate surface area is 122 Å². The third-order valence-electron chi connectivity index (χ3n) is 3.15. The van der Waals surface area contributed by atoms with Gasteiger partial charge in [-0.3, -0.25) is 4.79 Å². The largest absolute Gasteiger partial charge is 0.294 e. The number of benzene rings is 1. The average molecular weight is 296 g/mol. The lowest BCUT2D eigenvalue weighted by Gasteiger charge is -2.07. The Hall–Kier alpha value is -1.16. The second-order valence-corrected chi connectivity index (χ2v) is 7.68. The van der Waals surface area contributed by atoms with Gasteiger partial charge in [0.1, 0.15) is 0 Å². The van der Waals surface area contributed by atoms with Gasteiger partial charge in [-0.15, -0.1) is 0 Å². The van der Waals surface area contributed by atoms with Crippen molar-refractivity contribution in [2.75, 3.05) is 5.75 Å². The van der Waals surface area contributed by atoms with Crippen LogP contribution in [0.25, 0.3) is 0 Å². The molecule has 0 saturated heterocycles. The summed E-state index contributed by atoms with van der Waals surface area (Å²) >= 11 is 0. The van der Waals surface area contributed by atoms with Gasteiger partial charge in [-0.05, 0) is 24.5 Å². The number of sulfone groups is 1. The van der Waals surface area contributed by atoms with Crippen molar-refractivity contribution in [2.45, 2.75) is 51.3 Å². The van der Waals surface area contributed by atoms with Crippen LogP contribution in [0.4, 0.5) is 0 Å². The second kappa shape index (κ2) is 7.58. The summed E-state index contributed by atoms with van der Waals surface area (Å²) in [7, 11) is -3.21. The van der Waals surface area contributed by atoms with E-state index in [1.165, 1.54) is 0 Å². The molecule has 20 heavy (non-hydrogen) atoms. The summed E-state index contributed by atoms with van der Waals surface area (Å²) in [5, 5.41) is 0. The van der Waals surface area contributed by atoms with Crippen LogP contribution >= 0.6 is 0 Å². The first kappa shape index (κ1) is 16.9. The van der Waals surface area contributed by atoms with Gasteiger partial charge in [-0.2, -0.15) is 0 Å². The van der Waals surface area contributed by atoms with Crippen LogP contribution in [0, 0.1) is 5.92 Å². The second-order valence-electron chi connectivity index (χ2n) is 5.57. The normalized spacial score (nSPS) is 11.8. The van der Waals surface area contributed by atoms with Crippen molar-refractivity contribution in [1.82, 2.24) is 0 Å². The van der Waals surface area contributed by atoms with E-state index in [-0.39, 0.29) is 11.5 Å². The number of hydrogen-bond acceptors (Lipinski definition) is 3. The molecule has 0 fully saturated rings. The highest BCUT2D eigenvalue weighted by Gasteiger charge is 2.15. The van der Waals surface area contributed by atoms with Gasteiger partial charge in [0.15, 0.2) is 15.6 Å². The van der Waals surface area contributed by atoms with E-state index in [1.54, 1.807) is 24.3 Å². The predicted octanol–water partition coefficient (Wildman–Crippen LogP) is 3.88. The van der Waals surface area contributed by atoms with E-state index in [1.807, 2.05) is 20.8 Å². The van der Waals surface area contributed by atoms with Crippen LogP contribution in [0.1, 0.15) is 56.8 Å². The lowest BCUT2D eigenvalue weighted by atomic mass is 10.0. The maximum absolute atomic E-state index is 12.1. The summed E-state index contributed by atoms with van der Waals surface area (Å²) in [5.41, 5.74) is 0.589. The molecule has 112 valence electrons. The summed E-state index contributed by atoms with van der Waals surface area (Å²) < 4.78 is 24.2. The molecular weight excluding hydrogens is 272 g/mol. The molecule has 0 spiro atoms. The van der Waals surface area contributed by atoms with Crippen LogP contribution in [0.3, 0.4) is 0 Å². The molecule has 1 aromatic carbocycles. The van der Waals surface area contributed by atoms with Crippen molar-refractivity contribution in [3.05, 3.63) is 29.8 Å². The number of carbonyl (C=O) groups is 1. The Bertz CT molecular complexity index is 527. The number of hydrogen-bond donors (Lipinski definition) is 0. The van der Waals surface area contributed by atoms with Crippen molar-refractivity contribution >= 4 is 15.6 Å². The Morgan fingerprint density at radius 3 is 2.20 bits per heavy atom. The molecule has 3 nitrogen and oxygen atoms in total. The molecule has 0 aromatic heterocycles. The average Bonchev–Trinajstić information content (AvgIpc) is 2.38. The van der Waals surface area contributed by atoms with Crippen molar-refractivity contribution in [3.8, 4) is 0 Å². The molecule has 0 radical (unpaired) electrons. The van der Waals surface area contributed by atoms with Gasteiger partial charge in [0, 0.05) is 12.0 Å². The molecule has 0 aliphatic carbocycles. The summed E-state index contributed by atoms with van der Waals surface area (Å²) in [6.07, 6.45) is 3.10. The molecule has 0 saturated carbocycles. The molecular formula is C16H24O3S. The lowest BCUT2D eigenvalue weighted by Crippen LogP contribution is -2.08. The minimum Gasteiger partial charge on any atom is -0.294 e. The summed E-state index contributed by atoms with van der Waals surface area (Å²) in [6, 6.07) is 6.35. The Morgan fingerprint density at radius 1 is 1.10 bits per heavy atom. The van der Waals surface area contributed by atoms with Crippen LogP contribution < -0.4 is 0 Å². The topological polar surface area (TPSA) is 51.2 Å². The maximum atomic E-state index is 12.1. The number of rotatable bonds is 8. The SMILES string of the molecule is CCCCCS(=O)(=O)c1ccc(C(=O)CC(C)C)cc1. The summed E-state index contributed by atoms with van der Waals surface area (Å²) in [5.74, 6) is 0.551. The third kappa shape index (κ3) is 5.08. The van der Waals surface area contributed by atoms with Crippen molar-refractivity contribution in [1.29, 1.82) is 0 Å². The number of carbonyl (C=O) groups excluding carboxylic acids is 1. The fourth-order valence-corrected chi connectivity index (χ4v) is 3.37. The van der Waals surface area contributed by atoms with Crippen LogP contribution in [0.5, 0.6) is 0 Å². The van der Waals surface area contributed by atoms with E-state index in [0.717, 1.165) is 12.8 Å². The van der Waals surface area contributed by atoms with Crippen molar-refractivity contribution < 1.29 is 13.2 Å². The predicted molar refractivity (Wildman–Crippen MR) is 81.8 cm³/mol. The van der Waals surface area contributed by atoms with Crippen LogP contribution in [0.2, 0.25) is 0 Å². The first-order valence-electron chi connectivity index (χ1n) is 7.23. The number of ketones is 1. The van der Waals surface area contributed by atoms with Crippen molar-refractivity contribution in [3.63, 3.8) is 0 Å². The third-order valence-corrected chi connectivity index (χ3v) is 4.96. The van der Waals surface area contributed by atoms with Gasteiger partial charge in [0.05, 0.1) is 10.6 Å². The van der Waals surface area contributed by atoms with E-state index in [4.69, 9.17) is 0 Å². The zero-order chi connectivity index (χ0) is 15.2. The van der Waals surface area contributed by atoms with Gasteiger partial charge in [-0.25, -0.2) is 8.42 Å². The molecule has 0 heterocycles. The van der Waals surface area contributed by atoms with Crippen LogP contribution in [-0.4, -0.2) is 20.0 Å². The highest BCUT2D eigenvalue weighted by molar-refractivity contribution is 7.91. The van der Waals surface area contributed by atoms with Gasteiger partial charge in [0.2, 0.25) is 0 Å². The maximum Gasteiger partial charge on any atom is 0.178 e. The van der Waals surface area contributed by atoms with E-state index in [2.05, 4.69) is 0 Å². The molecule has 0 amide bonds. The fourth-order valence-electron chi connectivity index (χ4n) is 2.00. The number of unbranched alkanes of at least 4 members (excludes halogenated alkanes) is 2. The fraction of sp³-hybridized carbons (Fsp3) is 0.562. The summed E-state index contributed by atoms with van der Waals surface area (Å²) in [4.78, 5) is 12.2. The van der Waals surface area contributed by atoms with Crippen LogP contribution in [-0.2, 0) is 9.84 Å². The molecule has 0 aliphatic rings. The standard InChI is InChI=1S/C16H24O3S/c1-4-5-6-11-20(18,19)15-9-7-14(8-10-15)16(17)12-13(2)3/h7-10,13H,4-6,11-12H2,1-3H3. The minimum absolute atomic E-state index is 0.0648. The Kier molecular flexibility index (Phi) is 6.40. The minimum atomic E-state index is -3.21. The molecule has 0 N–H and O–H groups in total. The molecule has 0 atom stereocenters. The molecule has 1 rings (SSSR count). The Balaban J connectivity index is 2.78. The highest BCUT2D eigenvalue weighted by atomic mass is 32.2. The van der Waals surface area contributed by atoms with Gasteiger partial charge >= 0.3 is 0 Å². The van der Waals surface area contributed by atoms with Gasteiger partial charge < -0.3 is 0 Å². The highest BCUT2D eigenvalue weighted by Crippen LogP contribution is 2.16. The summed E-state index contributed by atoms with van der Waals surface area (Å²) in [6.45, 7) is 6.02. The smallest absolute Gasteiger partial charge is 0.178 e. The molecule has 0 aliphatic heterocycles. The quantitative estimate of drug-likeness (QED) is 0.540. The Morgan fingerprint density at radius 2 is 1.70 bits per heavy atom. The van der Waals surface area contributed by atoms with E-state index in [9.17, 15) is 13.2 Å². The van der Waals surface area contributed by atoms with E-state index < -0.39 is 9.84 Å². The number of Topliss-reactive ketones (excluding diaryl/α,β-unsaturated/α-hetero) is 1. The molecule has 4 heteroatoms. The molecule has 1 aromatic rings. The van der Waals surface area contributed by atoms with Crippen LogP contribution in [0.15, 0.2) is 29.2 Å². The van der Waals surface area contributed by atoms with E-state index in [0.29, 0.717) is 29.2 Å². The molecule has 0 unspecified atom stereocenters. The van der Waals surface area contributed by atoms with Gasteiger partial charge in [-0.1, -0.05) is 45.7 Å². The monoisotopic (exact) mass is 296 g/mol. The van der Waals surface area contributed by atoms with Gasteiger partial charge in [0.25, 0.3) is 0 Å². The van der Waals surface area contributed by atoms with E-state index >= 15 is 0 Å². The molecule has 0 bridgehead atoms. The zero-order valence-electron chi connectivity index (χ0n) is 12.6. The van der Waals surface area contributed by atoms with Crippen molar-refractivity contribution in [2.24, 2.45) is 5.92 Å².